The van der Waals surface area contributed by atoms with Crippen LogP contribution in [-0.4, -0.2) is 27.3 Å². The second-order valence-electron chi connectivity index (χ2n) is 9.10. The van der Waals surface area contributed by atoms with Gasteiger partial charge in [0.1, 0.15) is 11.3 Å². The molecule has 0 aliphatic heterocycles. The Morgan fingerprint density at radius 3 is 2.06 bits per heavy atom. The van der Waals surface area contributed by atoms with Gasteiger partial charge in [-0.15, -0.1) is 0 Å². The number of ketones is 1. The van der Waals surface area contributed by atoms with Crippen LogP contribution in [0.5, 0.6) is 5.75 Å². The first-order chi connectivity index (χ1) is 14.8. The smallest absolute Gasteiger partial charge is 0.332 e. The van der Waals surface area contributed by atoms with Crippen LogP contribution >= 0.6 is 0 Å². The molecule has 0 heterocycles. The van der Waals surface area contributed by atoms with Crippen LogP contribution in [0.25, 0.3) is 0 Å². The average molecular weight is 466 g/mol. The predicted molar refractivity (Wildman–Crippen MR) is 126 cm³/mol. The van der Waals surface area contributed by atoms with E-state index in [1.165, 1.54) is 31.2 Å². The molecule has 1 N–H and O–H groups in total. The number of unbranched alkanes of at least 4 members (excludes halogenated alkanes) is 1. The summed E-state index contributed by atoms with van der Waals surface area (Å²) in [6.45, 7) is 10.7. The summed E-state index contributed by atoms with van der Waals surface area (Å²) in [6, 6.07) is 12.2. The molecule has 7 heteroatoms. The van der Waals surface area contributed by atoms with Gasteiger partial charge in [0.05, 0.1) is 22.3 Å². The van der Waals surface area contributed by atoms with E-state index in [0.29, 0.717) is 12.4 Å². The zero-order chi connectivity index (χ0) is 24.2. The molecule has 2 atom stereocenters. The first-order valence-corrected chi connectivity index (χ1v) is 11.9. The van der Waals surface area contributed by atoms with E-state index >= 15 is 8.78 Å². The van der Waals surface area contributed by atoms with Crippen molar-refractivity contribution in [3.63, 3.8) is 0 Å². The van der Waals surface area contributed by atoms with Crippen molar-refractivity contribution in [1.29, 1.82) is 0 Å². The molecule has 0 spiro atoms. The van der Waals surface area contributed by atoms with Gasteiger partial charge >= 0.3 is 5.92 Å². The lowest BCUT2D eigenvalue weighted by atomic mass is 9.82. The molecule has 2 aromatic carbocycles. The van der Waals surface area contributed by atoms with E-state index in [1.807, 2.05) is 13.8 Å². The van der Waals surface area contributed by atoms with Crippen molar-refractivity contribution in [1.82, 2.24) is 4.72 Å². The summed E-state index contributed by atoms with van der Waals surface area (Å²) in [5.74, 6) is -4.66. The highest BCUT2D eigenvalue weighted by Crippen LogP contribution is 2.41. The second kappa shape index (κ2) is 10.2. The van der Waals surface area contributed by atoms with Crippen LogP contribution in [0, 0.1) is 6.92 Å². The molecule has 2 unspecified atom stereocenters. The Morgan fingerprint density at radius 2 is 1.56 bits per heavy atom. The Labute approximate surface area is 192 Å². The van der Waals surface area contributed by atoms with Gasteiger partial charge in [-0.1, -0.05) is 55.3 Å². The van der Waals surface area contributed by atoms with Gasteiger partial charge in [0.25, 0.3) is 0 Å². The zero-order valence-electron chi connectivity index (χ0n) is 19.6. The Balaban J connectivity index is 2.49. The Kier molecular flexibility index (Phi) is 8.34. The highest BCUT2D eigenvalue weighted by molar-refractivity contribution is 7.84. The monoisotopic (exact) mass is 465 g/mol. The molecule has 0 aliphatic rings. The topological polar surface area (TPSA) is 55.4 Å². The highest BCUT2D eigenvalue weighted by atomic mass is 32.2. The van der Waals surface area contributed by atoms with E-state index < -0.39 is 33.0 Å². The fraction of sp³-hybridized carbons (Fsp3) is 0.480. The van der Waals surface area contributed by atoms with Crippen LogP contribution in [0.4, 0.5) is 8.78 Å². The van der Waals surface area contributed by atoms with Crippen molar-refractivity contribution >= 4 is 16.8 Å². The summed E-state index contributed by atoms with van der Waals surface area (Å²) in [4.78, 5) is 13.0. The number of carbonyl (C=O) groups is 1. The molecule has 0 aromatic heterocycles. The number of ether oxygens (including phenoxy) is 1. The Bertz CT molecular complexity index is 937. The number of nitrogens with one attached hydrogen (secondary N) is 1. The first kappa shape index (κ1) is 26.1. The van der Waals surface area contributed by atoms with Crippen molar-refractivity contribution in [2.45, 2.75) is 70.6 Å². The summed E-state index contributed by atoms with van der Waals surface area (Å²) >= 11 is 0. The molecule has 0 saturated carbocycles. The molecule has 0 bridgehead atoms. The van der Waals surface area contributed by atoms with Crippen LogP contribution in [0.15, 0.2) is 48.5 Å². The molecular weight excluding hydrogens is 432 g/mol. The number of aryl methyl sites for hydroxylation is 1. The lowest BCUT2D eigenvalue weighted by molar-refractivity contribution is -0.0469. The molecule has 0 aliphatic carbocycles. The zero-order valence-corrected chi connectivity index (χ0v) is 20.4. The van der Waals surface area contributed by atoms with Crippen LogP contribution in [0.3, 0.4) is 0 Å². The molecule has 0 saturated heterocycles. The first-order valence-electron chi connectivity index (χ1n) is 10.7. The SMILES string of the molecule is CCCCOc1ccc(C(C)(NS(=O)C(C)(C)C)C(F)(F)C(=O)c2ccc(C)cc2)cc1. The third-order valence-corrected chi connectivity index (χ3v) is 6.98. The average Bonchev–Trinajstić information content (AvgIpc) is 2.73. The predicted octanol–water partition coefficient (Wildman–Crippen LogP) is 5.96. The second-order valence-corrected chi connectivity index (χ2v) is 11.1. The minimum absolute atomic E-state index is 0.102. The summed E-state index contributed by atoms with van der Waals surface area (Å²) in [7, 11) is -1.86. The fourth-order valence-corrected chi connectivity index (χ4v) is 3.90. The van der Waals surface area contributed by atoms with Crippen molar-refractivity contribution in [2.24, 2.45) is 0 Å². The van der Waals surface area contributed by atoms with E-state index in [0.717, 1.165) is 18.4 Å². The van der Waals surface area contributed by atoms with Crippen molar-refractivity contribution in [3.05, 3.63) is 65.2 Å². The quantitative estimate of drug-likeness (QED) is 0.348. The van der Waals surface area contributed by atoms with E-state index in [-0.39, 0.29) is 11.1 Å². The lowest BCUT2D eigenvalue weighted by Gasteiger charge is -2.39. The van der Waals surface area contributed by atoms with Gasteiger partial charge in [-0.25, -0.2) is 8.93 Å². The minimum atomic E-state index is -3.88. The maximum atomic E-state index is 15.9. The van der Waals surface area contributed by atoms with E-state index in [2.05, 4.69) is 4.72 Å². The maximum absolute atomic E-state index is 15.9. The van der Waals surface area contributed by atoms with Crippen molar-refractivity contribution < 1.29 is 22.5 Å². The van der Waals surface area contributed by atoms with Crippen molar-refractivity contribution in [3.8, 4) is 5.75 Å². The number of alkyl halides is 2. The molecule has 0 fully saturated rings. The fourth-order valence-electron chi connectivity index (χ4n) is 2.97. The van der Waals surface area contributed by atoms with Crippen LogP contribution < -0.4 is 9.46 Å². The Morgan fingerprint density at radius 1 is 1.00 bits per heavy atom. The molecule has 32 heavy (non-hydrogen) atoms. The summed E-state index contributed by atoms with van der Waals surface area (Å²) in [6.07, 6.45) is 1.86. The number of hydrogen-bond acceptors (Lipinski definition) is 3. The van der Waals surface area contributed by atoms with Crippen LogP contribution in [-0.2, 0) is 16.5 Å². The summed E-state index contributed by atoms with van der Waals surface area (Å²) in [5.41, 5.74) is -1.31. The lowest BCUT2D eigenvalue weighted by Crippen LogP contribution is -2.59. The van der Waals surface area contributed by atoms with E-state index in [9.17, 15) is 9.00 Å². The van der Waals surface area contributed by atoms with Gasteiger partial charge in [-0.3, -0.25) is 4.79 Å². The molecule has 2 rings (SSSR count). The van der Waals surface area contributed by atoms with Crippen LogP contribution in [0.1, 0.15) is 68.9 Å². The normalized spacial score (nSPS) is 15.1. The van der Waals surface area contributed by atoms with E-state index in [1.54, 1.807) is 45.0 Å². The largest absolute Gasteiger partial charge is 0.494 e. The highest BCUT2D eigenvalue weighted by Gasteiger charge is 2.58. The minimum Gasteiger partial charge on any atom is -0.494 e. The van der Waals surface area contributed by atoms with Gasteiger partial charge in [0, 0.05) is 5.56 Å². The summed E-state index contributed by atoms with van der Waals surface area (Å²) < 4.78 is 52.0. The number of Topliss-reactive ketones (excluding diaryl/α,β-unsaturated/α-hetero) is 1. The van der Waals surface area contributed by atoms with Crippen molar-refractivity contribution in [2.75, 3.05) is 6.61 Å². The number of rotatable bonds is 10. The third-order valence-electron chi connectivity index (χ3n) is 5.28. The molecule has 176 valence electrons. The number of benzene rings is 2. The molecule has 0 radical (unpaired) electrons. The molecular formula is C25H33F2NO3S. The molecule has 0 amide bonds. The number of carbonyl (C=O) groups excluding carboxylic acids is 1. The molecule has 4 nitrogen and oxygen atoms in total. The van der Waals surface area contributed by atoms with Gasteiger partial charge in [0.2, 0.25) is 5.78 Å². The van der Waals surface area contributed by atoms with Gasteiger partial charge < -0.3 is 4.74 Å². The van der Waals surface area contributed by atoms with Crippen LogP contribution in [0.2, 0.25) is 0 Å². The summed E-state index contributed by atoms with van der Waals surface area (Å²) in [5, 5.41) is 0. The van der Waals surface area contributed by atoms with Gasteiger partial charge in [-0.2, -0.15) is 8.78 Å². The van der Waals surface area contributed by atoms with E-state index in [4.69, 9.17) is 4.74 Å². The Hall–Kier alpha value is -2.12. The number of hydrogen-bond donors (Lipinski definition) is 1. The third kappa shape index (κ3) is 5.81. The standard InChI is InChI=1S/C25H33F2NO3S/c1-7-8-17-31-21-15-13-20(14-16-21)24(6,28-32(30)23(3,4)5)25(26,27)22(29)19-11-9-18(2)10-12-19/h9-16,28H,7-8,17H2,1-6H3. The maximum Gasteiger partial charge on any atom is 0.332 e. The molecule has 2 aromatic rings. The number of halogens is 2. The van der Waals surface area contributed by atoms with Gasteiger partial charge in [-0.05, 0) is 58.7 Å². The van der Waals surface area contributed by atoms with Gasteiger partial charge in [0.15, 0.2) is 0 Å².